The first-order valence-electron chi connectivity index (χ1n) is 7.04. The van der Waals surface area contributed by atoms with Crippen molar-refractivity contribution in [3.63, 3.8) is 0 Å². The average Bonchev–Trinajstić information content (AvgIpc) is 2.57. The van der Waals surface area contributed by atoms with Gasteiger partial charge in [-0.15, -0.1) is 0 Å². The number of carbonyl (C=O) groups excluding carboxylic acids is 2. The van der Waals surface area contributed by atoms with Crippen LogP contribution >= 0.6 is 0 Å². The molecule has 0 aliphatic carbocycles. The van der Waals surface area contributed by atoms with Crippen molar-refractivity contribution in [2.75, 3.05) is 5.32 Å². The maximum absolute atomic E-state index is 12.0. The summed E-state index contributed by atoms with van der Waals surface area (Å²) in [6.45, 7) is 1.78. The molecule has 0 saturated heterocycles. The van der Waals surface area contributed by atoms with Gasteiger partial charge in [-0.2, -0.15) is 0 Å². The maximum atomic E-state index is 12.0. The highest BCUT2D eigenvalue weighted by Gasteiger charge is 2.22. The summed E-state index contributed by atoms with van der Waals surface area (Å²) in [5.41, 5.74) is 3.89. The first kappa shape index (κ1) is 15.7. The Morgan fingerprint density at radius 1 is 1.00 bits per heavy atom. The van der Waals surface area contributed by atoms with Crippen LogP contribution in [0.5, 0.6) is 0 Å². The number of rotatable bonds is 5. The van der Waals surface area contributed by atoms with E-state index in [0.29, 0.717) is 12.1 Å². The Morgan fingerprint density at radius 3 is 2.14 bits per heavy atom. The highest BCUT2D eigenvalue weighted by molar-refractivity contribution is 5.91. The van der Waals surface area contributed by atoms with Crippen LogP contribution < -0.4 is 10.8 Å². The molecule has 3 N–H and O–H groups in total. The second-order valence-corrected chi connectivity index (χ2v) is 4.84. The quantitative estimate of drug-likeness (QED) is 0.586. The smallest absolute Gasteiger partial charge is 0.255 e. The SMILES string of the molecule is CCC(=O)Nc1ccc(C(C(=O)NO)c2ccccc2)cc1. The zero-order valence-electron chi connectivity index (χ0n) is 12.2. The molecule has 0 heterocycles. The molecule has 5 heteroatoms. The molecule has 22 heavy (non-hydrogen) atoms. The molecule has 0 aliphatic rings. The molecule has 0 aliphatic heterocycles. The summed E-state index contributed by atoms with van der Waals surface area (Å²) in [5.74, 6) is -1.18. The number of hydrogen-bond acceptors (Lipinski definition) is 3. The zero-order chi connectivity index (χ0) is 15.9. The van der Waals surface area contributed by atoms with E-state index < -0.39 is 11.8 Å². The summed E-state index contributed by atoms with van der Waals surface area (Å²) in [6.07, 6.45) is 0.404. The lowest BCUT2D eigenvalue weighted by atomic mass is 9.90. The first-order valence-corrected chi connectivity index (χ1v) is 7.04. The van der Waals surface area contributed by atoms with Crippen LogP contribution in [0.1, 0.15) is 30.4 Å². The Bertz CT molecular complexity index is 639. The van der Waals surface area contributed by atoms with E-state index in [9.17, 15) is 9.59 Å². The van der Waals surface area contributed by atoms with Crippen LogP contribution in [0.2, 0.25) is 0 Å². The molecule has 114 valence electrons. The van der Waals surface area contributed by atoms with Crippen LogP contribution in [0.3, 0.4) is 0 Å². The molecule has 0 radical (unpaired) electrons. The summed E-state index contributed by atoms with van der Waals surface area (Å²) in [7, 11) is 0. The van der Waals surface area contributed by atoms with Gasteiger partial charge < -0.3 is 5.32 Å². The average molecular weight is 298 g/mol. The minimum absolute atomic E-state index is 0.0690. The summed E-state index contributed by atoms with van der Waals surface area (Å²) in [4.78, 5) is 23.4. The van der Waals surface area contributed by atoms with Crippen LogP contribution in [0.4, 0.5) is 5.69 Å². The van der Waals surface area contributed by atoms with Crippen molar-refractivity contribution in [2.45, 2.75) is 19.3 Å². The molecule has 0 aromatic heterocycles. The van der Waals surface area contributed by atoms with Crippen LogP contribution in [0.25, 0.3) is 0 Å². The minimum Gasteiger partial charge on any atom is -0.326 e. The summed E-state index contributed by atoms with van der Waals surface area (Å²) in [6, 6.07) is 16.2. The normalized spacial score (nSPS) is 11.5. The maximum Gasteiger partial charge on any atom is 0.255 e. The number of benzene rings is 2. The second kappa shape index (κ2) is 7.38. The molecular weight excluding hydrogens is 280 g/mol. The molecule has 2 aromatic rings. The van der Waals surface area contributed by atoms with Crippen molar-refractivity contribution >= 4 is 17.5 Å². The molecule has 0 spiro atoms. The van der Waals surface area contributed by atoms with Gasteiger partial charge in [0.05, 0.1) is 5.92 Å². The molecule has 2 amide bonds. The Morgan fingerprint density at radius 2 is 1.59 bits per heavy atom. The number of nitrogens with one attached hydrogen (secondary N) is 2. The number of amides is 2. The lowest BCUT2D eigenvalue weighted by Crippen LogP contribution is -2.27. The van der Waals surface area contributed by atoms with Gasteiger partial charge in [0.2, 0.25) is 5.91 Å². The van der Waals surface area contributed by atoms with E-state index in [2.05, 4.69) is 5.32 Å². The largest absolute Gasteiger partial charge is 0.326 e. The highest BCUT2D eigenvalue weighted by atomic mass is 16.5. The summed E-state index contributed by atoms with van der Waals surface area (Å²) in [5, 5.41) is 11.7. The van der Waals surface area contributed by atoms with Crippen molar-refractivity contribution in [3.8, 4) is 0 Å². The van der Waals surface area contributed by atoms with Crippen LogP contribution in [-0.4, -0.2) is 17.0 Å². The minimum atomic E-state index is -0.609. The Kier molecular flexibility index (Phi) is 5.27. The van der Waals surface area contributed by atoms with E-state index in [4.69, 9.17) is 5.21 Å². The predicted molar refractivity (Wildman–Crippen MR) is 83.6 cm³/mol. The van der Waals surface area contributed by atoms with Gasteiger partial charge in [0, 0.05) is 12.1 Å². The van der Waals surface area contributed by atoms with Gasteiger partial charge in [0.15, 0.2) is 0 Å². The fraction of sp³-hybridized carbons (Fsp3) is 0.176. The molecule has 1 atom stereocenters. The number of hydroxylamine groups is 1. The fourth-order valence-electron chi connectivity index (χ4n) is 2.21. The van der Waals surface area contributed by atoms with E-state index >= 15 is 0 Å². The van der Waals surface area contributed by atoms with Gasteiger partial charge >= 0.3 is 0 Å². The van der Waals surface area contributed by atoms with E-state index in [1.807, 2.05) is 30.3 Å². The molecule has 1 unspecified atom stereocenters. The van der Waals surface area contributed by atoms with E-state index in [1.165, 1.54) is 0 Å². The van der Waals surface area contributed by atoms with Crippen molar-refractivity contribution < 1.29 is 14.8 Å². The molecule has 2 aromatic carbocycles. The monoisotopic (exact) mass is 298 g/mol. The van der Waals surface area contributed by atoms with Crippen LogP contribution in [-0.2, 0) is 9.59 Å². The van der Waals surface area contributed by atoms with Gasteiger partial charge in [0.25, 0.3) is 5.91 Å². The summed E-state index contributed by atoms with van der Waals surface area (Å²) >= 11 is 0. The van der Waals surface area contributed by atoms with E-state index in [1.54, 1.807) is 36.7 Å². The van der Waals surface area contributed by atoms with Gasteiger partial charge in [-0.1, -0.05) is 49.4 Å². The highest BCUT2D eigenvalue weighted by Crippen LogP contribution is 2.26. The molecule has 2 rings (SSSR count). The van der Waals surface area contributed by atoms with E-state index in [-0.39, 0.29) is 5.91 Å². The third-order valence-electron chi connectivity index (χ3n) is 3.35. The van der Waals surface area contributed by atoms with Gasteiger partial charge in [-0.05, 0) is 23.3 Å². The second-order valence-electron chi connectivity index (χ2n) is 4.84. The third kappa shape index (κ3) is 3.71. The Balaban J connectivity index is 2.29. The van der Waals surface area contributed by atoms with Crippen molar-refractivity contribution in [1.82, 2.24) is 5.48 Å². The van der Waals surface area contributed by atoms with Crippen LogP contribution in [0.15, 0.2) is 54.6 Å². The molecule has 0 saturated carbocycles. The number of carbonyl (C=O) groups is 2. The standard InChI is InChI=1S/C17H18N2O3/c1-2-15(20)18-14-10-8-13(9-11-14)16(17(21)19-22)12-6-4-3-5-7-12/h3-11,16,22H,2H2,1H3,(H,18,20)(H,19,21). The predicted octanol–water partition coefficient (Wildman–Crippen LogP) is 2.67. The Labute approximate surface area is 128 Å². The lowest BCUT2D eigenvalue weighted by molar-refractivity contribution is -0.129. The number of hydrogen-bond donors (Lipinski definition) is 3. The topological polar surface area (TPSA) is 78.4 Å². The number of anilines is 1. The lowest BCUT2D eigenvalue weighted by Gasteiger charge is -2.16. The van der Waals surface area contributed by atoms with Gasteiger partial charge in [-0.25, -0.2) is 5.48 Å². The van der Waals surface area contributed by atoms with Gasteiger partial charge in [0.1, 0.15) is 0 Å². The van der Waals surface area contributed by atoms with Crippen molar-refractivity contribution in [1.29, 1.82) is 0 Å². The summed E-state index contributed by atoms with van der Waals surface area (Å²) < 4.78 is 0. The van der Waals surface area contributed by atoms with Crippen molar-refractivity contribution in [3.05, 3.63) is 65.7 Å². The fourth-order valence-corrected chi connectivity index (χ4v) is 2.21. The Hall–Kier alpha value is -2.66. The molecular formula is C17H18N2O3. The molecule has 0 fully saturated rings. The van der Waals surface area contributed by atoms with Crippen LogP contribution in [0, 0.1) is 0 Å². The van der Waals surface area contributed by atoms with Crippen molar-refractivity contribution in [2.24, 2.45) is 0 Å². The molecule has 0 bridgehead atoms. The zero-order valence-corrected chi connectivity index (χ0v) is 12.2. The molecule has 5 nitrogen and oxygen atoms in total. The third-order valence-corrected chi connectivity index (χ3v) is 3.35. The van der Waals surface area contributed by atoms with E-state index in [0.717, 1.165) is 11.1 Å². The first-order chi connectivity index (χ1) is 10.7. The van der Waals surface area contributed by atoms with Gasteiger partial charge in [-0.3, -0.25) is 14.8 Å².